The van der Waals surface area contributed by atoms with E-state index in [0.29, 0.717) is 24.4 Å². The highest BCUT2D eigenvalue weighted by atomic mass is 32.2. The molecule has 31 heavy (non-hydrogen) atoms. The van der Waals surface area contributed by atoms with E-state index in [1.807, 2.05) is 6.92 Å². The van der Waals surface area contributed by atoms with E-state index >= 15 is 0 Å². The minimum atomic E-state index is -5.84. The third kappa shape index (κ3) is 4.32. The van der Waals surface area contributed by atoms with Crippen LogP contribution in [0.5, 0.6) is 0 Å². The smallest absolute Gasteiger partial charge is 0.310 e. The van der Waals surface area contributed by atoms with Crippen molar-refractivity contribution in [2.75, 3.05) is 5.75 Å². The van der Waals surface area contributed by atoms with Crippen LogP contribution in [0.2, 0.25) is 0 Å². The Kier molecular flexibility index (Phi) is 5.93. The SMILES string of the molecule is CCCSc1cc(C(F)(F)F)cnc1-c1nc2ccc(C(F)(F)C(F)(F)F)nc2n1C. The lowest BCUT2D eigenvalue weighted by atomic mass is 10.2. The summed E-state index contributed by atoms with van der Waals surface area (Å²) in [7, 11) is 1.31. The van der Waals surface area contributed by atoms with Gasteiger partial charge in [-0.2, -0.15) is 35.1 Å². The van der Waals surface area contributed by atoms with Crippen molar-refractivity contribution in [3.05, 3.63) is 35.7 Å². The minimum absolute atomic E-state index is 0.00707. The number of halogens is 8. The van der Waals surface area contributed by atoms with Gasteiger partial charge in [0.05, 0.1) is 5.56 Å². The van der Waals surface area contributed by atoms with Crippen LogP contribution in [0.1, 0.15) is 24.6 Å². The second-order valence-corrected chi connectivity index (χ2v) is 7.66. The van der Waals surface area contributed by atoms with Gasteiger partial charge in [-0.3, -0.25) is 4.98 Å². The molecular weight excluding hydrogens is 456 g/mol. The van der Waals surface area contributed by atoms with E-state index in [0.717, 1.165) is 28.5 Å². The fourth-order valence-electron chi connectivity index (χ4n) is 2.69. The number of rotatable bonds is 5. The van der Waals surface area contributed by atoms with Crippen molar-refractivity contribution in [2.45, 2.75) is 36.5 Å². The van der Waals surface area contributed by atoms with Crippen LogP contribution in [0.4, 0.5) is 35.1 Å². The molecular formula is C18H14F8N4S. The average molecular weight is 470 g/mol. The van der Waals surface area contributed by atoms with E-state index in [-0.39, 0.29) is 27.6 Å². The van der Waals surface area contributed by atoms with Crippen LogP contribution in [0.15, 0.2) is 29.3 Å². The molecule has 3 heterocycles. The molecule has 0 fully saturated rings. The molecule has 3 rings (SSSR count). The lowest BCUT2D eigenvalue weighted by Gasteiger charge is -2.18. The van der Waals surface area contributed by atoms with Gasteiger partial charge < -0.3 is 4.57 Å². The summed E-state index contributed by atoms with van der Waals surface area (Å²) in [6, 6.07) is 2.36. The number of nitrogens with zero attached hydrogens (tertiary/aromatic N) is 4. The lowest BCUT2D eigenvalue weighted by molar-refractivity contribution is -0.290. The second kappa shape index (κ2) is 7.92. The largest absolute Gasteiger partial charge is 0.459 e. The number of thioether (sulfide) groups is 1. The van der Waals surface area contributed by atoms with Crippen LogP contribution >= 0.6 is 11.8 Å². The van der Waals surface area contributed by atoms with E-state index in [4.69, 9.17) is 0 Å². The van der Waals surface area contributed by atoms with Gasteiger partial charge in [-0.25, -0.2) is 9.97 Å². The summed E-state index contributed by atoms with van der Waals surface area (Å²) < 4.78 is 106. The molecule has 0 spiro atoms. The number of aromatic nitrogens is 4. The van der Waals surface area contributed by atoms with E-state index in [1.165, 1.54) is 7.05 Å². The third-order valence-corrected chi connectivity index (χ3v) is 5.48. The van der Waals surface area contributed by atoms with Crippen molar-refractivity contribution in [1.29, 1.82) is 0 Å². The highest BCUT2D eigenvalue weighted by molar-refractivity contribution is 7.99. The number of fused-ring (bicyclic) bond motifs is 1. The normalized spacial score (nSPS) is 13.2. The molecule has 0 aromatic carbocycles. The number of hydrogen-bond donors (Lipinski definition) is 0. The average Bonchev–Trinajstić information content (AvgIpc) is 3.00. The van der Waals surface area contributed by atoms with Crippen molar-refractivity contribution in [2.24, 2.45) is 7.05 Å². The molecule has 0 aliphatic heterocycles. The Morgan fingerprint density at radius 2 is 1.68 bits per heavy atom. The molecule has 0 saturated carbocycles. The van der Waals surface area contributed by atoms with Crippen LogP contribution in [0, 0.1) is 0 Å². The second-order valence-electron chi connectivity index (χ2n) is 6.52. The highest BCUT2D eigenvalue weighted by Gasteiger charge is 2.60. The highest BCUT2D eigenvalue weighted by Crippen LogP contribution is 2.43. The van der Waals surface area contributed by atoms with Crippen LogP contribution < -0.4 is 0 Å². The molecule has 0 amide bonds. The molecule has 0 N–H and O–H groups in total. The van der Waals surface area contributed by atoms with Gasteiger partial charge in [0.2, 0.25) is 0 Å². The first-order chi connectivity index (χ1) is 14.3. The predicted octanol–water partition coefficient (Wildman–Crippen LogP) is 6.21. The first-order valence-electron chi connectivity index (χ1n) is 8.76. The number of hydrogen-bond acceptors (Lipinski definition) is 4. The van der Waals surface area contributed by atoms with Gasteiger partial charge in [0.25, 0.3) is 0 Å². The van der Waals surface area contributed by atoms with E-state index in [1.54, 1.807) is 0 Å². The van der Waals surface area contributed by atoms with Crippen molar-refractivity contribution in [3.63, 3.8) is 0 Å². The zero-order valence-corrected chi connectivity index (χ0v) is 16.8. The number of pyridine rings is 2. The molecule has 4 nitrogen and oxygen atoms in total. The van der Waals surface area contributed by atoms with Crippen molar-refractivity contribution in [1.82, 2.24) is 19.5 Å². The number of alkyl halides is 8. The third-order valence-electron chi connectivity index (χ3n) is 4.25. The summed E-state index contributed by atoms with van der Waals surface area (Å²) in [4.78, 5) is 11.6. The van der Waals surface area contributed by atoms with Gasteiger partial charge in [0.1, 0.15) is 16.9 Å². The number of imidazole rings is 1. The maximum absolute atomic E-state index is 13.7. The predicted molar refractivity (Wildman–Crippen MR) is 97.7 cm³/mol. The van der Waals surface area contributed by atoms with Gasteiger partial charge >= 0.3 is 18.3 Å². The Hall–Kier alpha value is -2.44. The van der Waals surface area contributed by atoms with E-state index < -0.39 is 29.5 Å². The number of aryl methyl sites for hydroxylation is 1. The fourth-order valence-corrected chi connectivity index (χ4v) is 3.60. The summed E-state index contributed by atoms with van der Waals surface area (Å²) in [5.74, 6) is -4.72. The van der Waals surface area contributed by atoms with Gasteiger partial charge in [0, 0.05) is 18.1 Å². The van der Waals surface area contributed by atoms with Crippen LogP contribution in [-0.4, -0.2) is 31.4 Å². The van der Waals surface area contributed by atoms with Crippen molar-refractivity contribution < 1.29 is 35.1 Å². The van der Waals surface area contributed by atoms with Crippen molar-refractivity contribution in [3.8, 4) is 11.5 Å². The molecule has 0 bridgehead atoms. The zero-order chi connectivity index (χ0) is 23.2. The van der Waals surface area contributed by atoms with Gasteiger partial charge in [-0.15, -0.1) is 11.8 Å². The molecule has 3 aromatic rings. The Bertz CT molecular complexity index is 1100. The standard InChI is InChI=1S/C18H14F8N4S/c1-3-6-31-11-7-9(17(21,22)23)8-27-13(11)15-28-10-4-5-12(29-14(10)30(15)2)16(19,20)18(24,25)26/h4-5,7-8H,3,6H2,1-2H3. The Balaban J connectivity index is 2.16. The lowest BCUT2D eigenvalue weighted by Crippen LogP contribution is -2.34. The summed E-state index contributed by atoms with van der Waals surface area (Å²) in [5, 5.41) is 0. The summed E-state index contributed by atoms with van der Waals surface area (Å²) in [5.41, 5.74) is -2.74. The van der Waals surface area contributed by atoms with Crippen LogP contribution in [-0.2, 0) is 19.1 Å². The molecule has 168 valence electrons. The summed E-state index contributed by atoms with van der Waals surface area (Å²) in [6.07, 6.45) is -9.20. The van der Waals surface area contributed by atoms with E-state index in [2.05, 4.69) is 15.0 Å². The van der Waals surface area contributed by atoms with Crippen LogP contribution in [0.3, 0.4) is 0 Å². The summed E-state index contributed by atoms with van der Waals surface area (Å²) >= 11 is 1.10. The zero-order valence-electron chi connectivity index (χ0n) is 15.9. The van der Waals surface area contributed by atoms with Crippen LogP contribution in [0.25, 0.3) is 22.7 Å². The molecule has 0 saturated heterocycles. The maximum atomic E-state index is 13.7. The Labute approximate surface area is 174 Å². The molecule has 0 unspecified atom stereocenters. The fraction of sp³-hybridized carbons (Fsp3) is 0.389. The first kappa shape index (κ1) is 23.2. The topological polar surface area (TPSA) is 43.6 Å². The van der Waals surface area contributed by atoms with Gasteiger partial charge in [0.15, 0.2) is 11.5 Å². The first-order valence-corrected chi connectivity index (χ1v) is 9.74. The molecule has 0 atom stereocenters. The van der Waals surface area contributed by atoms with Gasteiger partial charge in [-0.1, -0.05) is 6.92 Å². The molecule has 0 radical (unpaired) electrons. The summed E-state index contributed by atoms with van der Waals surface area (Å²) in [6.45, 7) is 1.83. The molecule has 0 aliphatic carbocycles. The monoisotopic (exact) mass is 470 g/mol. The Morgan fingerprint density at radius 3 is 2.26 bits per heavy atom. The van der Waals surface area contributed by atoms with Gasteiger partial charge in [-0.05, 0) is 30.4 Å². The molecule has 3 aromatic heterocycles. The van der Waals surface area contributed by atoms with E-state index in [9.17, 15) is 35.1 Å². The maximum Gasteiger partial charge on any atom is 0.459 e. The molecule has 0 aliphatic rings. The Morgan fingerprint density at radius 1 is 1.00 bits per heavy atom. The van der Waals surface area contributed by atoms with Crippen molar-refractivity contribution >= 4 is 22.9 Å². The minimum Gasteiger partial charge on any atom is -0.310 e. The molecule has 13 heteroatoms. The quantitative estimate of drug-likeness (QED) is 0.329.